The Bertz CT molecular complexity index is 914. The fourth-order valence-electron chi connectivity index (χ4n) is 2.71. The summed E-state index contributed by atoms with van der Waals surface area (Å²) in [5.41, 5.74) is 5.59. The minimum Gasteiger partial charge on any atom is -0.308 e. The number of halogens is 1. The van der Waals surface area contributed by atoms with Gasteiger partial charge in [0.15, 0.2) is 0 Å². The molecule has 26 heavy (non-hydrogen) atoms. The van der Waals surface area contributed by atoms with Gasteiger partial charge in [0.2, 0.25) is 0 Å². The third-order valence-electron chi connectivity index (χ3n) is 4.18. The van der Waals surface area contributed by atoms with Crippen LogP contribution in [0.1, 0.15) is 22.5 Å². The molecule has 1 heterocycles. The van der Waals surface area contributed by atoms with Crippen LogP contribution in [0, 0.1) is 20.8 Å². The van der Waals surface area contributed by atoms with E-state index in [9.17, 15) is 4.79 Å². The highest BCUT2D eigenvalue weighted by Crippen LogP contribution is 2.21. The van der Waals surface area contributed by atoms with Gasteiger partial charge in [-0.1, -0.05) is 45.8 Å². The number of amides is 2. The van der Waals surface area contributed by atoms with E-state index >= 15 is 0 Å². The highest BCUT2D eigenvalue weighted by Gasteiger charge is 2.14. The molecule has 0 saturated heterocycles. The van der Waals surface area contributed by atoms with E-state index in [2.05, 4.69) is 62.9 Å². The van der Waals surface area contributed by atoms with E-state index < -0.39 is 0 Å². The van der Waals surface area contributed by atoms with Gasteiger partial charge in [0.1, 0.15) is 0 Å². The summed E-state index contributed by atoms with van der Waals surface area (Å²) in [7, 11) is 0. The van der Waals surface area contributed by atoms with E-state index in [1.165, 1.54) is 11.1 Å². The number of benzene rings is 2. The summed E-state index contributed by atoms with van der Waals surface area (Å²) < 4.78 is 2.88. The van der Waals surface area contributed by atoms with Crippen LogP contribution in [0.2, 0.25) is 0 Å². The van der Waals surface area contributed by atoms with E-state index in [0.29, 0.717) is 6.54 Å². The number of hydrogen-bond acceptors (Lipinski definition) is 2. The fourth-order valence-corrected chi connectivity index (χ4v) is 2.97. The Labute approximate surface area is 161 Å². The topological polar surface area (TPSA) is 59.0 Å². The number of aryl methyl sites for hydroxylation is 2. The van der Waals surface area contributed by atoms with Crippen molar-refractivity contribution in [2.45, 2.75) is 27.3 Å². The predicted molar refractivity (Wildman–Crippen MR) is 109 cm³/mol. The van der Waals surface area contributed by atoms with Crippen LogP contribution in [-0.2, 0) is 6.54 Å². The van der Waals surface area contributed by atoms with Crippen molar-refractivity contribution >= 4 is 33.3 Å². The first kappa shape index (κ1) is 18.2. The Kier molecular flexibility index (Phi) is 5.42. The number of hydrogen-bond donors (Lipinski definition) is 2. The molecule has 0 fully saturated rings. The van der Waals surface area contributed by atoms with Crippen molar-refractivity contribution in [2.24, 2.45) is 0 Å². The van der Waals surface area contributed by atoms with Crippen molar-refractivity contribution in [2.75, 3.05) is 10.6 Å². The zero-order chi connectivity index (χ0) is 18.7. The smallest absolute Gasteiger partial charge is 0.308 e. The van der Waals surface area contributed by atoms with Gasteiger partial charge < -0.3 is 10.6 Å². The molecule has 0 atom stereocenters. The number of rotatable bonds is 4. The molecule has 0 spiro atoms. The molecule has 0 aliphatic heterocycles. The quantitative estimate of drug-likeness (QED) is 0.613. The SMILES string of the molecule is Cc1ccc(Cn2nc(C)c(NC(=O)Nc3ccc(Br)cc3)c2C)cc1. The molecule has 0 aliphatic rings. The molecule has 0 aliphatic carbocycles. The monoisotopic (exact) mass is 412 g/mol. The molecule has 0 unspecified atom stereocenters. The average Bonchev–Trinajstić information content (AvgIpc) is 2.86. The molecule has 0 saturated carbocycles. The summed E-state index contributed by atoms with van der Waals surface area (Å²) >= 11 is 3.38. The van der Waals surface area contributed by atoms with Crippen molar-refractivity contribution in [3.63, 3.8) is 0 Å². The summed E-state index contributed by atoms with van der Waals surface area (Å²) in [6, 6.07) is 15.5. The van der Waals surface area contributed by atoms with Crippen LogP contribution in [0.15, 0.2) is 53.0 Å². The number of nitrogens with zero attached hydrogens (tertiary/aromatic N) is 2. The van der Waals surface area contributed by atoms with Gasteiger partial charge in [-0.25, -0.2) is 4.79 Å². The maximum Gasteiger partial charge on any atom is 0.323 e. The molecule has 1 aromatic heterocycles. The maximum absolute atomic E-state index is 12.3. The van der Waals surface area contributed by atoms with Gasteiger partial charge >= 0.3 is 6.03 Å². The van der Waals surface area contributed by atoms with Crippen molar-refractivity contribution in [1.82, 2.24) is 9.78 Å². The van der Waals surface area contributed by atoms with Crippen molar-refractivity contribution in [3.8, 4) is 0 Å². The molecule has 2 amide bonds. The largest absolute Gasteiger partial charge is 0.323 e. The van der Waals surface area contributed by atoms with Crippen molar-refractivity contribution < 1.29 is 4.79 Å². The zero-order valence-electron chi connectivity index (χ0n) is 15.0. The second-order valence-corrected chi connectivity index (χ2v) is 7.19. The molecular formula is C20H21BrN4O. The molecule has 2 N–H and O–H groups in total. The minimum absolute atomic E-state index is 0.284. The Balaban J connectivity index is 1.71. The first-order valence-electron chi connectivity index (χ1n) is 8.35. The van der Waals surface area contributed by atoms with E-state index in [0.717, 1.165) is 27.2 Å². The Morgan fingerprint density at radius 1 is 1.00 bits per heavy atom. The van der Waals surface area contributed by atoms with Crippen molar-refractivity contribution in [3.05, 3.63) is 75.5 Å². The number of anilines is 2. The highest BCUT2D eigenvalue weighted by atomic mass is 79.9. The second-order valence-electron chi connectivity index (χ2n) is 6.28. The molecule has 0 bridgehead atoms. The molecule has 3 rings (SSSR count). The van der Waals surface area contributed by atoms with Gasteiger partial charge in [-0.15, -0.1) is 0 Å². The Morgan fingerprint density at radius 3 is 2.31 bits per heavy atom. The summed E-state index contributed by atoms with van der Waals surface area (Å²) in [6.45, 7) is 6.60. The lowest BCUT2D eigenvalue weighted by Gasteiger charge is -2.09. The zero-order valence-corrected chi connectivity index (χ0v) is 16.6. The van der Waals surface area contributed by atoms with E-state index in [4.69, 9.17) is 0 Å². The van der Waals surface area contributed by atoms with Gasteiger partial charge in [0.25, 0.3) is 0 Å². The van der Waals surface area contributed by atoms with Gasteiger partial charge in [0.05, 0.1) is 23.6 Å². The molecule has 6 heteroatoms. The predicted octanol–water partition coefficient (Wildman–Crippen LogP) is 5.26. The fraction of sp³-hybridized carbons (Fsp3) is 0.200. The van der Waals surface area contributed by atoms with Crippen LogP contribution < -0.4 is 10.6 Å². The summed E-state index contributed by atoms with van der Waals surface area (Å²) in [5, 5.41) is 10.3. The van der Waals surface area contributed by atoms with Gasteiger partial charge in [-0.2, -0.15) is 5.10 Å². The second kappa shape index (κ2) is 7.74. The van der Waals surface area contributed by atoms with E-state index in [1.54, 1.807) is 0 Å². The number of aromatic nitrogens is 2. The Hall–Kier alpha value is -2.60. The minimum atomic E-state index is -0.284. The van der Waals surface area contributed by atoms with E-state index in [-0.39, 0.29) is 6.03 Å². The van der Waals surface area contributed by atoms with Gasteiger partial charge in [-0.3, -0.25) is 4.68 Å². The first-order chi connectivity index (χ1) is 12.4. The number of nitrogens with one attached hydrogen (secondary N) is 2. The van der Waals surface area contributed by atoms with Crippen LogP contribution in [0.25, 0.3) is 0 Å². The summed E-state index contributed by atoms with van der Waals surface area (Å²) in [6.07, 6.45) is 0. The van der Waals surface area contributed by atoms with E-state index in [1.807, 2.05) is 42.8 Å². The normalized spacial score (nSPS) is 10.6. The molecule has 3 aromatic rings. The summed E-state index contributed by atoms with van der Waals surface area (Å²) in [4.78, 5) is 12.3. The lowest BCUT2D eigenvalue weighted by Crippen LogP contribution is -2.20. The first-order valence-corrected chi connectivity index (χ1v) is 9.15. The van der Waals surface area contributed by atoms with Gasteiger partial charge in [0, 0.05) is 10.2 Å². The lowest BCUT2D eigenvalue weighted by atomic mass is 10.1. The van der Waals surface area contributed by atoms with Crippen LogP contribution in [0.5, 0.6) is 0 Å². The molecular weight excluding hydrogens is 392 g/mol. The lowest BCUT2D eigenvalue weighted by molar-refractivity contribution is 0.262. The number of carbonyl (C=O) groups is 1. The molecule has 0 radical (unpaired) electrons. The number of carbonyl (C=O) groups excluding carboxylic acids is 1. The Morgan fingerprint density at radius 2 is 1.65 bits per heavy atom. The van der Waals surface area contributed by atoms with Crippen LogP contribution in [0.3, 0.4) is 0 Å². The average molecular weight is 413 g/mol. The third kappa shape index (κ3) is 4.32. The highest BCUT2D eigenvalue weighted by molar-refractivity contribution is 9.10. The van der Waals surface area contributed by atoms with Crippen LogP contribution >= 0.6 is 15.9 Å². The third-order valence-corrected chi connectivity index (χ3v) is 4.70. The number of urea groups is 1. The molecule has 134 valence electrons. The van der Waals surface area contributed by atoms with Crippen LogP contribution in [-0.4, -0.2) is 15.8 Å². The molecule has 5 nitrogen and oxygen atoms in total. The summed E-state index contributed by atoms with van der Waals surface area (Å²) in [5.74, 6) is 0. The maximum atomic E-state index is 12.3. The van der Waals surface area contributed by atoms with Crippen LogP contribution in [0.4, 0.5) is 16.2 Å². The molecule has 2 aromatic carbocycles. The van der Waals surface area contributed by atoms with Crippen molar-refractivity contribution in [1.29, 1.82) is 0 Å². The standard InChI is InChI=1S/C20H21BrN4O/c1-13-4-6-16(7-5-13)12-25-15(3)19(14(2)24-25)23-20(26)22-18-10-8-17(21)9-11-18/h4-11H,12H2,1-3H3,(H2,22,23,26). The van der Waals surface area contributed by atoms with Gasteiger partial charge in [-0.05, 0) is 50.6 Å².